The number of hydrogen-bond donors (Lipinski definition) is 4. The summed E-state index contributed by atoms with van der Waals surface area (Å²) in [6, 6.07) is 1.70. The molecule has 2 aromatic rings. The van der Waals surface area contributed by atoms with Crippen molar-refractivity contribution < 1.29 is 23.1 Å². The fourth-order valence-corrected chi connectivity index (χ4v) is 4.73. The van der Waals surface area contributed by atoms with E-state index in [-0.39, 0.29) is 44.9 Å². The zero-order valence-corrected chi connectivity index (χ0v) is 21.0. The molecule has 2 atom stereocenters. The van der Waals surface area contributed by atoms with Crippen LogP contribution in [0.2, 0.25) is 0 Å². The molecular formula is C20H25BrClF2N5O3S. The maximum Gasteiger partial charge on any atom is 0.320 e. The molecule has 1 aliphatic heterocycles. The Bertz CT molecular complexity index is 968. The van der Waals surface area contributed by atoms with Gasteiger partial charge in [-0.2, -0.15) is 4.37 Å². The average molecular weight is 569 g/mol. The zero-order chi connectivity index (χ0) is 23.3. The number of rotatable bonds is 9. The molecule has 0 bridgehead atoms. The number of hydrogen-bond acceptors (Lipinski definition) is 6. The molecule has 0 aliphatic carbocycles. The maximum atomic E-state index is 14.0. The number of benzene rings is 1. The van der Waals surface area contributed by atoms with Crippen molar-refractivity contribution in [3.63, 3.8) is 0 Å². The molecule has 2 heterocycles. The SMILES string of the molecule is CCCC(NC(=O)Nc1snc(OCc2c(F)cc(Br)cc2F)c1C(N)=O)C1CCNC1.Cl. The summed E-state index contributed by atoms with van der Waals surface area (Å²) in [5.41, 5.74) is 4.97. The van der Waals surface area contributed by atoms with Crippen molar-refractivity contribution in [1.82, 2.24) is 15.0 Å². The van der Waals surface area contributed by atoms with Crippen molar-refractivity contribution in [3.8, 4) is 5.88 Å². The summed E-state index contributed by atoms with van der Waals surface area (Å²) in [5, 5.41) is 8.94. The molecule has 8 nitrogen and oxygen atoms in total. The summed E-state index contributed by atoms with van der Waals surface area (Å²) < 4.78 is 37.7. The van der Waals surface area contributed by atoms with E-state index in [4.69, 9.17) is 10.5 Å². The van der Waals surface area contributed by atoms with Gasteiger partial charge in [0.15, 0.2) is 0 Å². The molecule has 0 radical (unpaired) electrons. The molecule has 3 amide bonds. The molecule has 1 aliphatic rings. The Morgan fingerprint density at radius 1 is 1.39 bits per heavy atom. The number of halogens is 4. The highest BCUT2D eigenvalue weighted by Crippen LogP contribution is 2.31. The number of aromatic nitrogens is 1. The lowest BCUT2D eigenvalue weighted by atomic mass is 9.95. The van der Waals surface area contributed by atoms with Gasteiger partial charge in [0.2, 0.25) is 5.88 Å². The highest BCUT2D eigenvalue weighted by molar-refractivity contribution is 9.10. The molecule has 3 rings (SSSR count). The van der Waals surface area contributed by atoms with Crippen LogP contribution in [0.4, 0.5) is 18.6 Å². The summed E-state index contributed by atoms with van der Waals surface area (Å²) >= 11 is 3.80. The van der Waals surface area contributed by atoms with Gasteiger partial charge in [0.05, 0.1) is 5.56 Å². The Labute approximate surface area is 208 Å². The normalized spacial score (nSPS) is 16.1. The molecule has 0 spiro atoms. The van der Waals surface area contributed by atoms with E-state index < -0.39 is 30.2 Å². The van der Waals surface area contributed by atoms with E-state index in [1.165, 1.54) is 0 Å². The number of carbonyl (C=O) groups excluding carboxylic acids is 2. The number of carbonyl (C=O) groups is 2. The first-order chi connectivity index (χ1) is 15.3. The topological polar surface area (TPSA) is 118 Å². The van der Waals surface area contributed by atoms with Crippen molar-refractivity contribution in [2.45, 2.75) is 38.8 Å². The van der Waals surface area contributed by atoms with Crippen molar-refractivity contribution in [2.24, 2.45) is 11.7 Å². The number of anilines is 1. The Morgan fingerprint density at radius 3 is 2.67 bits per heavy atom. The van der Waals surface area contributed by atoms with Crippen molar-refractivity contribution in [2.75, 3.05) is 18.4 Å². The van der Waals surface area contributed by atoms with E-state index in [9.17, 15) is 18.4 Å². The molecule has 1 saturated heterocycles. The van der Waals surface area contributed by atoms with Gasteiger partial charge < -0.3 is 21.1 Å². The lowest BCUT2D eigenvalue weighted by Gasteiger charge is -2.23. The third kappa shape index (κ3) is 6.98. The predicted molar refractivity (Wildman–Crippen MR) is 128 cm³/mol. The van der Waals surface area contributed by atoms with E-state index in [1.54, 1.807) is 0 Å². The second-order valence-electron chi connectivity index (χ2n) is 7.44. The Hall–Kier alpha value is -2.02. The summed E-state index contributed by atoms with van der Waals surface area (Å²) in [6.07, 6.45) is 2.71. The van der Waals surface area contributed by atoms with Crippen LogP contribution < -0.4 is 26.4 Å². The molecule has 5 N–H and O–H groups in total. The molecule has 33 heavy (non-hydrogen) atoms. The third-order valence-corrected chi connectivity index (χ3v) is 6.38. The molecule has 1 aromatic heterocycles. The molecule has 0 saturated carbocycles. The number of amides is 3. The van der Waals surface area contributed by atoms with Gasteiger partial charge in [0.1, 0.15) is 28.8 Å². The number of primary amides is 1. The molecular weight excluding hydrogens is 544 g/mol. The lowest BCUT2D eigenvalue weighted by Crippen LogP contribution is -2.43. The maximum absolute atomic E-state index is 14.0. The average Bonchev–Trinajstić information content (AvgIpc) is 3.37. The number of ether oxygens (including phenoxy) is 1. The monoisotopic (exact) mass is 567 g/mol. The van der Waals surface area contributed by atoms with Gasteiger partial charge in [-0.3, -0.25) is 10.1 Å². The van der Waals surface area contributed by atoms with Crippen LogP contribution in [0.15, 0.2) is 16.6 Å². The molecule has 1 fully saturated rings. The van der Waals surface area contributed by atoms with Gasteiger partial charge in [-0.05, 0) is 55.5 Å². The van der Waals surface area contributed by atoms with Gasteiger partial charge in [-0.15, -0.1) is 12.4 Å². The van der Waals surface area contributed by atoms with Crippen LogP contribution in [-0.4, -0.2) is 35.4 Å². The molecule has 13 heteroatoms. The largest absolute Gasteiger partial charge is 0.471 e. The van der Waals surface area contributed by atoms with Gasteiger partial charge >= 0.3 is 6.03 Å². The first-order valence-electron chi connectivity index (χ1n) is 10.1. The first kappa shape index (κ1) is 27.2. The van der Waals surface area contributed by atoms with Crippen LogP contribution in [0.25, 0.3) is 0 Å². The molecule has 2 unspecified atom stereocenters. The minimum Gasteiger partial charge on any atom is -0.471 e. The van der Waals surface area contributed by atoms with E-state index in [1.807, 2.05) is 6.92 Å². The third-order valence-electron chi connectivity index (χ3n) is 5.18. The van der Waals surface area contributed by atoms with Crippen molar-refractivity contribution in [3.05, 3.63) is 39.4 Å². The summed E-state index contributed by atoms with van der Waals surface area (Å²) in [7, 11) is 0. The summed E-state index contributed by atoms with van der Waals surface area (Å²) in [6.45, 7) is 3.28. The lowest BCUT2D eigenvalue weighted by molar-refractivity contribution is 0.0996. The van der Waals surface area contributed by atoms with E-state index in [0.717, 1.165) is 56.0 Å². The molecule has 182 valence electrons. The standard InChI is InChI=1S/C20H24BrF2N5O3S.ClH/c1-2-3-15(10-4-5-25-8-10)26-20(30)27-19-16(17(24)29)18(28-32-19)31-9-12-13(22)6-11(21)7-14(12)23;/h6-7,10,15,25H,2-5,8-9H2,1H3,(H2,24,29)(H2,26,27,30);1H. The zero-order valence-electron chi connectivity index (χ0n) is 17.8. The number of urea groups is 1. The fourth-order valence-electron chi connectivity index (χ4n) is 3.59. The number of nitrogens with two attached hydrogens (primary N) is 1. The second kappa shape index (κ2) is 12.4. The van der Waals surface area contributed by atoms with E-state index in [2.05, 4.69) is 36.3 Å². The minimum absolute atomic E-state index is 0. The smallest absolute Gasteiger partial charge is 0.320 e. The highest BCUT2D eigenvalue weighted by Gasteiger charge is 2.27. The molecule has 1 aromatic carbocycles. The van der Waals surface area contributed by atoms with E-state index >= 15 is 0 Å². The second-order valence-corrected chi connectivity index (χ2v) is 9.13. The quantitative estimate of drug-likeness (QED) is 0.362. The number of nitrogens with zero attached hydrogens (tertiary/aromatic N) is 1. The van der Waals surface area contributed by atoms with Gasteiger partial charge in [-0.25, -0.2) is 13.6 Å². The summed E-state index contributed by atoms with van der Waals surface area (Å²) in [5.74, 6) is -2.38. The fraction of sp³-hybridized carbons (Fsp3) is 0.450. The van der Waals surface area contributed by atoms with Gasteiger partial charge in [0, 0.05) is 10.5 Å². The Morgan fingerprint density at radius 2 is 2.09 bits per heavy atom. The van der Waals surface area contributed by atoms with Crippen molar-refractivity contribution in [1.29, 1.82) is 0 Å². The Kier molecular flexibility index (Phi) is 10.3. The van der Waals surface area contributed by atoms with Gasteiger partial charge in [-0.1, -0.05) is 29.3 Å². The number of nitrogens with one attached hydrogen (secondary N) is 3. The van der Waals surface area contributed by atoms with Crippen LogP contribution in [0, 0.1) is 17.6 Å². The highest BCUT2D eigenvalue weighted by atomic mass is 79.9. The van der Waals surface area contributed by atoms with Crippen LogP contribution in [-0.2, 0) is 6.61 Å². The van der Waals surface area contributed by atoms with Crippen LogP contribution in [0.5, 0.6) is 5.88 Å². The van der Waals surface area contributed by atoms with Crippen LogP contribution >= 0.6 is 39.9 Å². The van der Waals surface area contributed by atoms with Crippen LogP contribution in [0.1, 0.15) is 42.1 Å². The predicted octanol–water partition coefficient (Wildman–Crippen LogP) is 4.18. The summed E-state index contributed by atoms with van der Waals surface area (Å²) in [4.78, 5) is 24.6. The van der Waals surface area contributed by atoms with Crippen LogP contribution in [0.3, 0.4) is 0 Å². The van der Waals surface area contributed by atoms with Crippen molar-refractivity contribution >= 4 is 56.8 Å². The minimum atomic E-state index is -0.883. The van der Waals surface area contributed by atoms with E-state index in [0.29, 0.717) is 5.92 Å². The Balaban J connectivity index is 0.00000385. The first-order valence-corrected chi connectivity index (χ1v) is 11.7. The van der Waals surface area contributed by atoms with Gasteiger partial charge in [0.25, 0.3) is 5.91 Å².